The second-order valence-electron chi connectivity index (χ2n) is 8.38. The van der Waals surface area contributed by atoms with E-state index in [1.165, 1.54) is 0 Å². The lowest BCUT2D eigenvalue weighted by Gasteiger charge is -2.23. The fourth-order valence-electron chi connectivity index (χ4n) is 3.66. The highest BCUT2D eigenvalue weighted by atomic mass is 16.3. The molecule has 1 amide bonds. The van der Waals surface area contributed by atoms with Crippen LogP contribution in [0.2, 0.25) is 0 Å². The zero-order valence-electron chi connectivity index (χ0n) is 20.0. The molecule has 1 atom stereocenters. The maximum Gasteiger partial charge on any atom is 0.251 e. The molecule has 0 bridgehead atoms. The summed E-state index contributed by atoms with van der Waals surface area (Å²) in [6.45, 7) is 10.8. The summed E-state index contributed by atoms with van der Waals surface area (Å²) in [5.74, 6) is -0.166. The van der Waals surface area contributed by atoms with Crippen LogP contribution in [0.1, 0.15) is 52.7 Å². The summed E-state index contributed by atoms with van der Waals surface area (Å²) in [6.07, 6.45) is 3.66. The van der Waals surface area contributed by atoms with Gasteiger partial charge in [0.2, 0.25) is 0 Å². The fourth-order valence-corrected chi connectivity index (χ4v) is 3.66. The predicted octanol–water partition coefficient (Wildman–Crippen LogP) is 4.11. The molecule has 0 saturated carbocycles. The lowest BCUT2D eigenvalue weighted by atomic mass is 9.98. The molecule has 3 rings (SSSR count). The molecule has 1 aromatic carbocycles. The smallest absolute Gasteiger partial charge is 0.251 e. The third-order valence-electron chi connectivity index (χ3n) is 5.81. The van der Waals surface area contributed by atoms with Gasteiger partial charge in [0.1, 0.15) is 0 Å². The van der Waals surface area contributed by atoms with Crippen molar-refractivity contribution in [2.24, 2.45) is 0 Å². The molecule has 0 radical (unpaired) electrons. The molecule has 6 heteroatoms. The Morgan fingerprint density at radius 2 is 1.82 bits per heavy atom. The van der Waals surface area contributed by atoms with Crippen molar-refractivity contribution in [2.45, 2.75) is 40.2 Å². The van der Waals surface area contributed by atoms with Crippen molar-refractivity contribution in [2.75, 3.05) is 26.2 Å². The van der Waals surface area contributed by atoms with Crippen LogP contribution in [0.5, 0.6) is 0 Å². The first-order chi connectivity index (χ1) is 15.9. The molecule has 0 spiro atoms. The molecule has 0 aliphatic rings. The first-order valence-electron chi connectivity index (χ1n) is 11.6. The molecule has 33 heavy (non-hydrogen) atoms. The molecule has 0 aliphatic heterocycles. The molecular weight excluding hydrogens is 412 g/mol. The molecule has 2 N–H and O–H groups in total. The Balaban J connectivity index is 1.82. The quantitative estimate of drug-likeness (QED) is 0.490. The van der Waals surface area contributed by atoms with Crippen LogP contribution in [0.25, 0.3) is 11.3 Å². The van der Waals surface area contributed by atoms with Crippen LogP contribution in [0.15, 0.2) is 54.9 Å². The van der Waals surface area contributed by atoms with Crippen molar-refractivity contribution in [3.8, 4) is 11.3 Å². The molecule has 0 fully saturated rings. The Hall–Kier alpha value is -3.09. The van der Waals surface area contributed by atoms with Gasteiger partial charge in [-0.2, -0.15) is 0 Å². The first-order valence-corrected chi connectivity index (χ1v) is 11.6. The minimum absolute atomic E-state index is 0.166. The average Bonchev–Trinajstić information content (AvgIpc) is 2.83. The Morgan fingerprint density at radius 3 is 2.45 bits per heavy atom. The van der Waals surface area contributed by atoms with Crippen molar-refractivity contribution in [3.05, 3.63) is 82.8 Å². The molecular formula is C27H34N4O2. The summed E-state index contributed by atoms with van der Waals surface area (Å²) in [5, 5.41) is 13.9. The van der Waals surface area contributed by atoms with E-state index in [1.54, 1.807) is 6.07 Å². The topological polar surface area (TPSA) is 78.4 Å². The molecule has 6 nitrogen and oxygen atoms in total. The van der Waals surface area contributed by atoms with Gasteiger partial charge in [0.15, 0.2) is 0 Å². The number of carbonyl (C=O) groups is 1. The first kappa shape index (κ1) is 24.6. The normalized spacial score (nSPS) is 12.1. The maximum absolute atomic E-state index is 13.0. The van der Waals surface area contributed by atoms with E-state index in [4.69, 9.17) is 0 Å². The van der Waals surface area contributed by atoms with Crippen LogP contribution in [0.3, 0.4) is 0 Å². The maximum atomic E-state index is 13.0. The van der Waals surface area contributed by atoms with Gasteiger partial charge in [-0.1, -0.05) is 26.0 Å². The van der Waals surface area contributed by atoms with Gasteiger partial charge in [-0.25, -0.2) is 0 Å². The summed E-state index contributed by atoms with van der Waals surface area (Å²) in [4.78, 5) is 24.0. The number of aryl methyl sites for hydroxylation is 2. The molecule has 0 unspecified atom stereocenters. The number of pyridine rings is 2. The van der Waals surface area contributed by atoms with Crippen molar-refractivity contribution < 1.29 is 9.90 Å². The number of nitrogens with zero attached hydrogens (tertiary/aromatic N) is 3. The van der Waals surface area contributed by atoms with Gasteiger partial charge in [0, 0.05) is 42.3 Å². The fraction of sp³-hybridized carbons (Fsp3) is 0.370. The van der Waals surface area contributed by atoms with Crippen LogP contribution in [-0.2, 0) is 6.42 Å². The van der Waals surface area contributed by atoms with E-state index in [0.29, 0.717) is 25.1 Å². The second kappa shape index (κ2) is 11.7. The number of likely N-dealkylation sites (N-methyl/N-ethyl adjacent to an activating group) is 1. The zero-order valence-corrected chi connectivity index (χ0v) is 20.0. The van der Waals surface area contributed by atoms with Gasteiger partial charge in [0.05, 0.1) is 11.8 Å². The van der Waals surface area contributed by atoms with Crippen molar-refractivity contribution in [3.63, 3.8) is 0 Å². The monoisotopic (exact) mass is 446 g/mol. The number of carbonyl (C=O) groups excluding carboxylic acids is 1. The highest BCUT2D eigenvalue weighted by molar-refractivity contribution is 5.95. The summed E-state index contributed by atoms with van der Waals surface area (Å²) >= 11 is 0. The molecule has 2 heterocycles. The van der Waals surface area contributed by atoms with E-state index in [1.807, 2.05) is 62.6 Å². The zero-order chi connectivity index (χ0) is 23.8. The van der Waals surface area contributed by atoms with Gasteiger partial charge < -0.3 is 15.3 Å². The van der Waals surface area contributed by atoms with Gasteiger partial charge in [-0.05, 0) is 80.4 Å². The lowest BCUT2D eigenvalue weighted by Crippen LogP contribution is -2.29. The molecule has 174 valence electrons. The van der Waals surface area contributed by atoms with Crippen molar-refractivity contribution in [1.29, 1.82) is 0 Å². The SMILES string of the molecule is CCN(CC)C[C@H](O)c1cc(C(=O)NCCc2ccc(C)nc2)cc(-c2ccc(C)cn2)c1. The number of aliphatic hydroxyl groups excluding tert-OH is 1. The number of aliphatic hydroxyl groups is 1. The number of nitrogens with one attached hydrogen (secondary N) is 1. The van der Waals surface area contributed by atoms with Crippen LogP contribution < -0.4 is 5.32 Å². The lowest BCUT2D eigenvalue weighted by molar-refractivity contribution is 0.0953. The van der Waals surface area contributed by atoms with Crippen LogP contribution in [0.4, 0.5) is 0 Å². The molecule has 0 aliphatic carbocycles. The van der Waals surface area contributed by atoms with Gasteiger partial charge >= 0.3 is 0 Å². The standard InChI is InChI=1S/C27H34N4O2/c1-5-31(6-2)18-26(32)23-13-22(25-10-7-19(3)16-30-25)14-24(15-23)27(33)28-12-11-21-9-8-20(4)29-17-21/h7-10,13-17,26,32H,5-6,11-12,18H2,1-4H3,(H,28,33)/t26-/m0/s1. The highest BCUT2D eigenvalue weighted by Gasteiger charge is 2.17. The molecule has 0 saturated heterocycles. The van der Waals surface area contributed by atoms with Crippen LogP contribution in [0, 0.1) is 13.8 Å². The summed E-state index contributed by atoms with van der Waals surface area (Å²) in [6, 6.07) is 13.5. The largest absolute Gasteiger partial charge is 0.387 e. The molecule has 2 aromatic heterocycles. The Morgan fingerprint density at radius 1 is 1.03 bits per heavy atom. The highest BCUT2D eigenvalue weighted by Crippen LogP contribution is 2.25. The van der Waals surface area contributed by atoms with Crippen molar-refractivity contribution in [1.82, 2.24) is 20.2 Å². The van der Waals surface area contributed by atoms with Crippen LogP contribution >= 0.6 is 0 Å². The van der Waals surface area contributed by atoms with Crippen LogP contribution in [-0.4, -0.2) is 52.1 Å². The number of aromatic nitrogens is 2. The predicted molar refractivity (Wildman–Crippen MR) is 132 cm³/mol. The Bertz CT molecular complexity index is 1040. The number of amides is 1. The number of rotatable bonds is 10. The minimum atomic E-state index is -0.694. The summed E-state index contributed by atoms with van der Waals surface area (Å²) < 4.78 is 0. The number of hydrogen-bond acceptors (Lipinski definition) is 5. The Labute approximate surface area is 196 Å². The van der Waals surface area contributed by atoms with E-state index in [-0.39, 0.29) is 5.91 Å². The number of hydrogen-bond donors (Lipinski definition) is 2. The van der Waals surface area contributed by atoms with E-state index < -0.39 is 6.10 Å². The van der Waals surface area contributed by atoms with Gasteiger partial charge in [-0.3, -0.25) is 14.8 Å². The third kappa shape index (κ3) is 6.94. The number of benzene rings is 1. The second-order valence-corrected chi connectivity index (χ2v) is 8.38. The third-order valence-corrected chi connectivity index (χ3v) is 5.81. The van der Waals surface area contributed by atoms with Gasteiger partial charge in [0.25, 0.3) is 5.91 Å². The van der Waals surface area contributed by atoms with Crippen molar-refractivity contribution >= 4 is 5.91 Å². The average molecular weight is 447 g/mol. The minimum Gasteiger partial charge on any atom is -0.387 e. The van der Waals surface area contributed by atoms with E-state index in [0.717, 1.165) is 46.7 Å². The summed E-state index contributed by atoms with van der Waals surface area (Å²) in [5.41, 5.74) is 5.95. The van der Waals surface area contributed by atoms with E-state index >= 15 is 0 Å². The van der Waals surface area contributed by atoms with E-state index in [2.05, 4.69) is 34.0 Å². The summed E-state index contributed by atoms with van der Waals surface area (Å²) in [7, 11) is 0. The van der Waals surface area contributed by atoms with Gasteiger partial charge in [-0.15, -0.1) is 0 Å². The molecule has 3 aromatic rings. The Kier molecular flexibility index (Phi) is 8.69. The van der Waals surface area contributed by atoms with E-state index in [9.17, 15) is 9.90 Å².